The quantitative estimate of drug-likeness (QED) is 0.698. The van der Waals surface area contributed by atoms with Crippen molar-refractivity contribution in [2.24, 2.45) is 5.92 Å². The van der Waals surface area contributed by atoms with Crippen molar-refractivity contribution in [3.63, 3.8) is 0 Å². The zero-order chi connectivity index (χ0) is 14.8. The first-order valence-electron chi connectivity index (χ1n) is 6.69. The van der Waals surface area contributed by atoms with E-state index in [1.165, 1.54) is 11.8 Å². The second-order valence-electron chi connectivity index (χ2n) is 5.45. The third kappa shape index (κ3) is 4.97. The van der Waals surface area contributed by atoms with Gasteiger partial charge in [0, 0.05) is 11.3 Å². The fourth-order valence-electron chi connectivity index (χ4n) is 2.36. The van der Waals surface area contributed by atoms with Gasteiger partial charge in [0.05, 0.1) is 23.7 Å². The van der Waals surface area contributed by atoms with Crippen LogP contribution in [0.15, 0.2) is 0 Å². The van der Waals surface area contributed by atoms with Crippen LogP contribution in [0.1, 0.15) is 25.7 Å². The lowest BCUT2D eigenvalue weighted by molar-refractivity contribution is -0.137. The van der Waals surface area contributed by atoms with E-state index in [4.69, 9.17) is 5.11 Å². The maximum Gasteiger partial charge on any atom is 0.305 e. The first-order valence-corrected chi connectivity index (χ1v) is 9.56. The van der Waals surface area contributed by atoms with Crippen LogP contribution in [-0.4, -0.2) is 54.0 Å². The van der Waals surface area contributed by atoms with Crippen molar-refractivity contribution in [3.05, 3.63) is 0 Å². The molecule has 2 aliphatic rings. The molecule has 114 valence electrons. The van der Waals surface area contributed by atoms with Crippen LogP contribution in [0.25, 0.3) is 0 Å². The fourth-order valence-corrected chi connectivity index (χ4v) is 5.81. The van der Waals surface area contributed by atoms with E-state index in [1.807, 2.05) is 0 Å². The summed E-state index contributed by atoms with van der Waals surface area (Å²) < 4.78 is 22.6. The highest BCUT2D eigenvalue weighted by Gasteiger charge is 2.34. The van der Waals surface area contributed by atoms with Gasteiger partial charge in [-0.2, -0.15) is 0 Å². The maximum absolute atomic E-state index is 11.8. The maximum atomic E-state index is 11.8. The molecule has 6 nitrogen and oxygen atoms in total. The summed E-state index contributed by atoms with van der Waals surface area (Å²) in [4.78, 5) is 22.5. The van der Waals surface area contributed by atoms with Crippen LogP contribution in [0.4, 0.5) is 0 Å². The molecule has 2 atom stereocenters. The van der Waals surface area contributed by atoms with E-state index < -0.39 is 15.8 Å². The Labute approximate surface area is 122 Å². The third-order valence-electron chi connectivity index (χ3n) is 3.57. The number of carboxylic acids is 1. The topological polar surface area (TPSA) is 101 Å². The van der Waals surface area contributed by atoms with E-state index in [9.17, 15) is 18.0 Å². The number of rotatable bonds is 7. The second kappa shape index (κ2) is 6.34. The molecular formula is C12H19NO5S2. The monoisotopic (exact) mass is 321 g/mol. The minimum absolute atomic E-state index is 0.00963. The number of thioether (sulfide) groups is 1. The molecule has 20 heavy (non-hydrogen) atoms. The van der Waals surface area contributed by atoms with Gasteiger partial charge in [0.25, 0.3) is 0 Å². The number of amides is 1. The summed E-state index contributed by atoms with van der Waals surface area (Å²) in [5.41, 5.74) is 0. The van der Waals surface area contributed by atoms with Crippen LogP contribution in [0, 0.1) is 5.92 Å². The molecule has 0 spiro atoms. The minimum atomic E-state index is -2.92. The van der Waals surface area contributed by atoms with Gasteiger partial charge in [0.2, 0.25) is 5.91 Å². The highest BCUT2D eigenvalue weighted by molar-refractivity contribution is 8.02. The number of hydrogen-bond donors (Lipinski definition) is 2. The lowest BCUT2D eigenvalue weighted by atomic mass is 10.1. The van der Waals surface area contributed by atoms with E-state index >= 15 is 0 Å². The summed E-state index contributed by atoms with van der Waals surface area (Å²) >= 11 is 1.35. The van der Waals surface area contributed by atoms with Gasteiger partial charge in [-0.3, -0.25) is 9.59 Å². The van der Waals surface area contributed by atoms with Crippen LogP contribution in [-0.2, 0) is 19.4 Å². The second-order valence-corrected chi connectivity index (χ2v) is 8.96. The van der Waals surface area contributed by atoms with Gasteiger partial charge in [-0.15, -0.1) is 11.8 Å². The molecule has 0 radical (unpaired) electrons. The van der Waals surface area contributed by atoms with Crippen molar-refractivity contribution in [3.8, 4) is 0 Å². The van der Waals surface area contributed by atoms with Crippen molar-refractivity contribution in [1.82, 2.24) is 5.32 Å². The molecule has 2 unspecified atom stereocenters. The smallest absolute Gasteiger partial charge is 0.305 e. The molecule has 1 aliphatic carbocycles. The summed E-state index contributed by atoms with van der Waals surface area (Å²) in [6, 6.07) is -0.284. The molecule has 2 fully saturated rings. The number of hydrogen-bond acceptors (Lipinski definition) is 5. The molecule has 1 saturated carbocycles. The predicted molar refractivity (Wildman–Crippen MR) is 76.4 cm³/mol. The molecule has 0 aromatic heterocycles. The molecule has 1 amide bonds. The zero-order valence-corrected chi connectivity index (χ0v) is 12.7. The van der Waals surface area contributed by atoms with E-state index in [0.717, 1.165) is 12.8 Å². The standard InChI is InChI=1S/C12H19NO5S2/c14-11(6-19-9-3-4-20(17,18)7-9)13-10(5-12(15)16)8-1-2-8/h8-10H,1-7H2,(H,13,14)(H,15,16). The molecule has 8 heteroatoms. The van der Waals surface area contributed by atoms with Gasteiger partial charge in [0.15, 0.2) is 9.84 Å². The lowest BCUT2D eigenvalue weighted by Gasteiger charge is -2.16. The summed E-state index contributed by atoms with van der Waals surface area (Å²) in [6.07, 6.45) is 2.48. The molecule has 2 rings (SSSR count). The summed E-state index contributed by atoms with van der Waals surface area (Å²) in [7, 11) is -2.92. The molecule has 0 bridgehead atoms. The lowest BCUT2D eigenvalue weighted by Crippen LogP contribution is -2.39. The number of carbonyl (C=O) groups is 2. The van der Waals surface area contributed by atoms with Gasteiger partial charge < -0.3 is 10.4 Å². The van der Waals surface area contributed by atoms with Gasteiger partial charge in [0.1, 0.15) is 0 Å². The highest BCUT2D eigenvalue weighted by atomic mass is 32.2. The Hall–Kier alpha value is -0.760. The zero-order valence-electron chi connectivity index (χ0n) is 11.1. The SMILES string of the molecule is O=C(O)CC(NC(=O)CSC1CCS(=O)(=O)C1)C1CC1. The van der Waals surface area contributed by atoms with Crippen molar-refractivity contribution >= 4 is 33.5 Å². The van der Waals surface area contributed by atoms with Crippen molar-refractivity contribution in [2.75, 3.05) is 17.3 Å². The minimum Gasteiger partial charge on any atom is -0.481 e. The van der Waals surface area contributed by atoms with Crippen molar-refractivity contribution in [1.29, 1.82) is 0 Å². The van der Waals surface area contributed by atoms with Crippen LogP contribution < -0.4 is 5.32 Å². The highest BCUT2D eigenvalue weighted by Crippen LogP contribution is 2.34. The van der Waals surface area contributed by atoms with Crippen LogP contribution in [0.3, 0.4) is 0 Å². The summed E-state index contributed by atoms with van der Waals surface area (Å²) in [5, 5.41) is 11.6. The fraction of sp³-hybridized carbons (Fsp3) is 0.833. The average Bonchev–Trinajstić information content (AvgIpc) is 3.10. The number of carboxylic acid groups (broad SMARTS) is 1. The number of carbonyl (C=O) groups excluding carboxylic acids is 1. The Kier molecular flexibility index (Phi) is 4.95. The first-order chi connectivity index (χ1) is 9.35. The van der Waals surface area contributed by atoms with Gasteiger partial charge >= 0.3 is 5.97 Å². The van der Waals surface area contributed by atoms with Crippen LogP contribution >= 0.6 is 11.8 Å². The largest absolute Gasteiger partial charge is 0.481 e. The van der Waals surface area contributed by atoms with E-state index in [2.05, 4.69) is 5.32 Å². The predicted octanol–water partition coefficient (Wildman–Crippen LogP) is 0.276. The summed E-state index contributed by atoms with van der Waals surface area (Å²) in [6.45, 7) is 0. The average molecular weight is 321 g/mol. The van der Waals surface area contributed by atoms with Gasteiger partial charge in [-0.25, -0.2) is 8.42 Å². The normalized spacial score (nSPS) is 26.1. The van der Waals surface area contributed by atoms with Gasteiger partial charge in [-0.1, -0.05) is 0 Å². The Morgan fingerprint density at radius 2 is 2.00 bits per heavy atom. The van der Waals surface area contributed by atoms with Crippen molar-refractivity contribution < 1.29 is 23.1 Å². The van der Waals surface area contributed by atoms with Crippen LogP contribution in [0.2, 0.25) is 0 Å². The van der Waals surface area contributed by atoms with E-state index in [0.29, 0.717) is 6.42 Å². The van der Waals surface area contributed by atoms with Crippen molar-refractivity contribution in [2.45, 2.75) is 37.0 Å². The molecule has 2 N–H and O–H groups in total. The third-order valence-corrected chi connectivity index (χ3v) is 6.85. The molecule has 1 aliphatic heterocycles. The Balaban J connectivity index is 1.73. The molecule has 1 saturated heterocycles. The molecule has 0 aromatic rings. The summed E-state index contributed by atoms with van der Waals surface area (Å²) in [5.74, 6) is -0.272. The van der Waals surface area contributed by atoms with Gasteiger partial charge in [-0.05, 0) is 25.2 Å². The molecular weight excluding hydrogens is 302 g/mol. The Morgan fingerprint density at radius 1 is 1.30 bits per heavy atom. The molecule has 0 aromatic carbocycles. The number of nitrogens with one attached hydrogen (secondary N) is 1. The first kappa shape index (κ1) is 15.6. The number of sulfone groups is 1. The Bertz CT molecular complexity index is 486. The number of aliphatic carboxylic acids is 1. The van der Waals surface area contributed by atoms with Crippen LogP contribution in [0.5, 0.6) is 0 Å². The Morgan fingerprint density at radius 3 is 2.50 bits per heavy atom. The van der Waals surface area contributed by atoms with E-state index in [1.54, 1.807) is 0 Å². The molecule has 1 heterocycles. The van der Waals surface area contributed by atoms with E-state index in [-0.39, 0.29) is 46.8 Å².